The summed E-state index contributed by atoms with van der Waals surface area (Å²) in [6.07, 6.45) is 1.87. The Morgan fingerprint density at radius 3 is 2.47 bits per heavy atom. The van der Waals surface area contributed by atoms with Gasteiger partial charge in [-0.1, -0.05) is 31.5 Å². The molecule has 1 spiro atoms. The number of fused-ring (bicyclic) bond motifs is 2. The van der Waals surface area contributed by atoms with Gasteiger partial charge in [0.25, 0.3) is 0 Å². The monoisotopic (exact) mass is 260 g/mol. The van der Waals surface area contributed by atoms with Crippen molar-refractivity contribution in [1.82, 2.24) is 4.90 Å². The van der Waals surface area contributed by atoms with Crippen LogP contribution in [0.25, 0.3) is 0 Å². The number of nitrogens with one attached hydrogen (secondary N) is 1. The maximum atomic E-state index is 12.3. The number of piperidine rings is 1. The molecule has 1 aromatic rings. The van der Waals surface area contributed by atoms with Gasteiger partial charge in [0.15, 0.2) is 0 Å². The average Bonchev–Trinajstić information content (AvgIpc) is 2.69. The van der Waals surface area contributed by atoms with Crippen molar-refractivity contribution in [2.75, 3.05) is 25.5 Å². The van der Waals surface area contributed by atoms with Crippen LogP contribution in [0.5, 0.6) is 0 Å². The van der Waals surface area contributed by atoms with Gasteiger partial charge in [0.05, 0.1) is 5.41 Å². The summed E-state index contributed by atoms with van der Waals surface area (Å²) in [6.45, 7) is 8.09. The van der Waals surface area contributed by atoms with Crippen LogP contribution in [-0.2, 0) is 10.2 Å². The Morgan fingerprint density at radius 2 is 1.84 bits per heavy atom. The Balaban J connectivity index is 0.000000637. The van der Waals surface area contributed by atoms with E-state index in [2.05, 4.69) is 36.3 Å². The number of anilines is 1. The standard InChI is InChI=1S/C14H18N2O.C2H6/c1-10-3-4-12-11(9-10)14(13(17)15-12)5-7-16(2)8-6-14;1-2/h3-4,9H,5-8H2,1-2H3,(H,15,17);1-2H3. The number of carbonyl (C=O) groups excluding carboxylic acids is 1. The molecule has 2 aliphatic rings. The molecule has 2 heterocycles. The third kappa shape index (κ3) is 2.27. The van der Waals surface area contributed by atoms with E-state index in [9.17, 15) is 4.79 Å². The molecule has 2 aliphatic heterocycles. The second kappa shape index (κ2) is 5.33. The molecule has 0 bridgehead atoms. The summed E-state index contributed by atoms with van der Waals surface area (Å²) in [5.74, 6) is 0.200. The molecular weight excluding hydrogens is 236 g/mol. The van der Waals surface area contributed by atoms with E-state index < -0.39 is 0 Å². The van der Waals surface area contributed by atoms with Crippen LogP contribution in [0, 0.1) is 6.92 Å². The molecule has 0 atom stereocenters. The number of carbonyl (C=O) groups is 1. The minimum Gasteiger partial charge on any atom is -0.325 e. The zero-order valence-corrected chi connectivity index (χ0v) is 12.4. The van der Waals surface area contributed by atoms with Crippen LogP contribution in [0.4, 0.5) is 5.69 Å². The van der Waals surface area contributed by atoms with E-state index in [-0.39, 0.29) is 11.3 Å². The van der Waals surface area contributed by atoms with Crippen molar-refractivity contribution >= 4 is 11.6 Å². The fourth-order valence-corrected chi connectivity index (χ4v) is 3.02. The highest BCUT2D eigenvalue weighted by Gasteiger charge is 2.47. The lowest BCUT2D eigenvalue weighted by Crippen LogP contribution is -2.45. The maximum absolute atomic E-state index is 12.3. The summed E-state index contributed by atoms with van der Waals surface area (Å²) in [5.41, 5.74) is 3.22. The van der Waals surface area contributed by atoms with E-state index in [1.54, 1.807) is 0 Å². The number of likely N-dealkylation sites (tertiary alicyclic amines) is 1. The Hall–Kier alpha value is -1.35. The molecule has 0 radical (unpaired) electrons. The first-order chi connectivity index (χ1) is 9.12. The molecule has 0 aromatic heterocycles. The molecule has 1 N–H and O–H groups in total. The number of benzene rings is 1. The summed E-state index contributed by atoms with van der Waals surface area (Å²) < 4.78 is 0. The fraction of sp³-hybridized carbons (Fsp3) is 0.562. The van der Waals surface area contributed by atoms with E-state index in [4.69, 9.17) is 0 Å². The third-order valence-corrected chi connectivity index (χ3v) is 4.21. The van der Waals surface area contributed by atoms with E-state index in [1.165, 1.54) is 11.1 Å². The van der Waals surface area contributed by atoms with Crippen LogP contribution in [0.3, 0.4) is 0 Å². The van der Waals surface area contributed by atoms with Crippen LogP contribution in [0.1, 0.15) is 37.8 Å². The molecule has 0 unspecified atom stereocenters. The van der Waals surface area contributed by atoms with Gasteiger partial charge in [-0.05, 0) is 51.5 Å². The zero-order valence-electron chi connectivity index (χ0n) is 12.4. The first kappa shape index (κ1) is 14.1. The average molecular weight is 260 g/mol. The molecule has 104 valence electrons. The predicted molar refractivity (Wildman–Crippen MR) is 79.6 cm³/mol. The topological polar surface area (TPSA) is 32.3 Å². The SMILES string of the molecule is CC.Cc1ccc2c(c1)C1(CCN(C)CC1)C(=O)N2. The quantitative estimate of drug-likeness (QED) is 0.778. The molecule has 0 aliphatic carbocycles. The molecular formula is C16H24N2O. The van der Waals surface area contributed by atoms with Crippen LogP contribution < -0.4 is 5.32 Å². The highest BCUT2D eigenvalue weighted by atomic mass is 16.2. The van der Waals surface area contributed by atoms with E-state index in [0.29, 0.717) is 0 Å². The number of hydrogen-bond acceptors (Lipinski definition) is 2. The van der Waals surface area contributed by atoms with Gasteiger partial charge in [0, 0.05) is 5.69 Å². The first-order valence-corrected chi connectivity index (χ1v) is 7.23. The van der Waals surface area contributed by atoms with Crippen molar-refractivity contribution in [3.05, 3.63) is 29.3 Å². The number of nitrogens with zero attached hydrogens (tertiary/aromatic N) is 1. The third-order valence-electron chi connectivity index (χ3n) is 4.21. The lowest BCUT2D eigenvalue weighted by Gasteiger charge is -2.36. The molecule has 1 amide bonds. The normalized spacial score (nSPS) is 20.5. The molecule has 3 heteroatoms. The van der Waals surface area contributed by atoms with Crippen molar-refractivity contribution in [1.29, 1.82) is 0 Å². The number of aryl methyl sites for hydroxylation is 1. The van der Waals surface area contributed by atoms with Gasteiger partial charge in [0.2, 0.25) is 5.91 Å². The summed E-state index contributed by atoms with van der Waals surface area (Å²) in [5, 5.41) is 3.04. The fourth-order valence-electron chi connectivity index (χ4n) is 3.02. The van der Waals surface area contributed by atoms with Crippen LogP contribution in [0.2, 0.25) is 0 Å². The number of amides is 1. The summed E-state index contributed by atoms with van der Waals surface area (Å²) in [6, 6.07) is 6.28. The van der Waals surface area contributed by atoms with Gasteiger partial charge in [-0.25, -0.2) is 0 Å². The number of hydrogen-bond donors (Lipinski definition) is 1. The van der Waals surface area contributed by atoms with Crippen molar-refractivity contribution in [2.24, 2.45) is 0 Å². The first-order valence-electron chi connectivity index (χ1n) is 7.23. The van der Waals surface area contributed by atoms with Crippen LogP contribution in [0.15, 0.2) is 18.2 Å². The van der Waals surface area contributed by atoms with Gasteiger partial charge < -0.3 is 10.2 Å². The molecule has 3 rings (SSSR count). The van der Waals surface area contributed by atoms with Gasteiger partial charge in [0.1, 0.15) is 0 Å². The Bertz CT molecular complexity index is 474. The van der Waals surface area contributed by atoms with Gasteiger partial charge in [-0.3, -0.25) is 4.79 Å². The largest absolute Gasteiger partial charge is 0.325 e. The molecule has 19 heavy (non-hydrogen) atoms. The minimum atomic E-state index is -0.256. The summed E-state index contributed by atoms with van der Waals surface area (Å²) in [7, 11) is 2.12. The van der Waals surface area contributed by atoms with E-state index >= 15 is 0 Å². The van der Waals surface area contributed by atoms with Crippen LogP contribution >= 0.6 is 0 Å². The van der Waals surface area contributed by atoms with Crippen molar-refractivity contribution < 1.29 is 4.79 Å². The van der Waals surface area contributed by atoms with Crippen molar-refractivity contribution in [3.8, 4) is 0 Å². The molecule has 3 nitrogen and oxygen atoms in total. The smallest absolute Gasteiger partial charge is 0.235 e. The van der Waals surface area contributed by atoms with Crippen molar-refractivity contribution in [3.63, 3.8) is 0 Å². The molecule has 1 saturated heterocycles. The molecule has 0 saturated carbocycles. The van der Waals surface area contributed by atoms with Gasteiger partial charge in [-0.15, -0.1) is 0 Å². The summed E-state index contributed by atoms with van der Waals surface area (Å²) >= 11 is 0. The number of rotatable bonds is 0. The van der Waals surface area contributed by atoms with Gasteiger partial charge >= 0.3 is 0 Å². The lowest BCUT2D eigenvalue weighted by atomic mass is 9.73. The molecule has 1 aromatic carbocycles. The highest BCUT2D eigenvalue weighted by molar-refractivity contribution is 6.06. The maximum Gasteiger partial charge on any atom is 0.235 e. The van der Waals surface area contributed by atoms with Gasteiger partial charge in [-0.2, -0.15) is 0 Å². The van der Waals surface area contributed by atoms with E-state index in [0.717, 1.165) is 31.6 Å². The molecule has 1 fully saturated rings. The zero-order chi connectivity index (χ0) is 14.0. The van der Waals surface area contributed by atoms with Crippen LogP contribution in [-0.4, -0.2) is 30.9 Å². The predicted octanol–water partition coefficient (Wildman–Crippen LogP) is 2.94. The Morgan fingerprint density at radius 1 is 1.21 bits per heavy atom. The second-order valence-corrected chi connectivity index (χ2v) is 5.39. The Labute approximate surface area is 116 Å². The highest BCUT2D eigenvalue weighted by Crippen LogP contribution is 2.44. The van der Waals surface area contributed by atoms with Crippen molar-refractivity contribution in [2.45, 2.75) is 39.0 Å². The second-order valence-electron chi connectivity index (χ2n) is 5.39. The Kier molecular flexibility index (Phi) is 3.95. The lowest BCUT2D eigenvalue weighted by molar-refractivity contribution is -0.122. The summed E-state index contributed by atoms with van der Waals surface area (Å²) in [4.78, 5) is 14.6. The van der Waals surface area contributed by atoms with E-state index in [1.807, 2.05) is 19.9 Å². The minimum absolute atomic E-state index is 0.200.